The summed E-state index contributed by atoms with van der Waals surface area (Å²) in [6.45, 7) is 2.56. The third kappa shape index (κ3) is 3.26. The molecule has 0 bridgehead atoms. The third-order valence-corrected chi connectivity index (χ3v) is 3.31. The van der Waals surface area contributed by atoms with Crippen LogP contribution in [0.4, 0.5) is 0 Å². The number of methoxy groups -OCH3 is 1. The summed E-state index contributed by atoms with van der Waals surface area (Å²) in [6, 6.07) is 5.06. The molecule has 0 aromatic heterocycles. The number of rotatable bonds is 6. The maximum Gasteiger partial charge on any atom is 0.311 e. The number of benzene rings is 1. The number of aliphatic carboxylic acids is 1. The van der Waals surface area contributed by atoms with Gasteiger partial charge in [-0.3, -0.25) is 9.59 Å². The standard InChI is InChI=1S/C15H18O6/c1-3-6-20-11-5-4-9(7-12(11)19-2)14-10(15(17)18)8-13(16)21-14/h4-5,7,10,14H,3,6,8H2,1-2H3,(H,17,18)/t10-,14-/m0/s1. The van der Waals surface area contributed by atoms with Crippen LogP contribution in [0.25, 0.3) is 0 Å². The molecule has 1 heterocycles. The van der Waals surface area contributed by atoms with Crippen molar-refractivity contribution in [1.82, 2.24) is 0 Å². The van der Waals surface area contributed by atoms with Gasteiger partial charge in [0.05, 0.1) is 20.1 Å². The molecule has 0 saturated carbocycles. The summed E-state index contributed by atoms with van der Waals surface area (Å²) < 4.78 is 15.9. The van der Waals surface area contributed by atoms with Gasteiger partial charge in [-0.2, -0.15) is 0 Å². The van der Waals surface area contributed by atoms with Crippen molar-refractivity contribution < 1.29 is 28.9 Å². The number of hydrogen-bond acceptors (Lipinski definition) is 5. The normalized spacial score (nSPS) is 21.0. The lowest BCUT2D eigenvalue weighted by Crippen LogP contribution is -2.17. The second-order valence-electron chi connectivity index (χ2n) is 4.82. The number of hydrogen-bond donors (Lipinski definition) is 1. The van der Waals surface area contributed by atoms with Crippen LogP contribution in [-0.4, -0.2) is 30.8 Å². The van der Waals surface area contributed by atoms with Crippen molar-refractivity contribution in [3.8, 4) is 11.5 Å². The molecule has 1 aliphatic rings. The largest absolute Gasteiger partial charge is 0.493 e. The number of esters is 1. The van der Waals surface area contributed by atoms with E-state index < -0.39 is 24.0 Å². The molecule has 1 N–H and O–H groups in total. The van der Waals surface area contributed by atoms with E-state index >= 15 is 0 Å². The molecule has 1 aliphatic heterocycles. The van der Waals surface area contributed by atoms with E-state index in [0.717, 1.165) is 6.42 Å². The molecule has 0 radical (unpaired) electrons. The summed E-state index contributed by atoms with van der Waals surface area (Å²) in [7, 11) is 1.51. The fourth-order valence-corrected chi connectivity index (χ4v) is 2.27. The monoisotopic (exact) mass is 294 g/mol. The first-order chi connectivity index (χ1) is 10.1. The second kappa shape index (κ2) is 6.47. The molecule has 6 nitrogen and oxygen atoms in total. The lowest BCUT2D eigenvalue weighted by atomic mass is 9.95. The highest BCUT2D eigenvalue weighted by atomic mass is 16.6. The zero-order chi connectivity index (χ0) is 15.4. The Hall–Kier alpha value is -2.24. The van der Waals surface area contributed by atoms with E-state index in [9.17, 15) is 14.7 Å². The highest BCUT2D eigenvalue weighted by molar-refractivity contribution is 5.82. The molecule has 1 saturated heterocycles. The van der Waals surface area contributed by atoms with Gasteiger partial charge in [0.25, 0.3) is 0 Å². The van der Waals surface area contributed by atoms with Crippen molar-refractivity contribution in [2.45, 2.75) is 25.9 Å². The molecule has 21 heavy (non-hydrogen) atoms. The van der Waals surface area contributed by atoms with E-state index in [1.807, 2.05) is 6.92 Å². The average Bonchev–Trinajstić information content (AvgIpc) is 2.87. The Labute approximate surface area is 122 Å². The smallest absolute Gasteiger partial charge is 0.311 e. The maximum absolute atomic E-state index is 11.4. The predicted octanol–water partition coefficient (Wildman–Crippen LogP) is 2.17. The van der Waals surface area contributed by atoms with Crippen molar-refractivity contribution in [1.29, 1.82) is 0 Å². The lowest BCUT2D eigenvalue weighted by Gasteiger charge is -2.17. The Morgan fingerprint density at radius 3 is 2.81 bits per heavy atom. The van der Waals surface area contributed by atoms with Crippen LogP contribution in [0.2, 0.25) is 0 Å². The topological polar surface area (TPSA) is 82.1 Å². The number of cyclic esters (lactones) is 1. The van der Waals surface area contributed by atoms with Crippen LogP contribution in [0.5, 0.6) is 11.5 Å². The predicted molar refractivity (Wildman–Crippen MR) is 73.4 cm³/mol. The van der Waals surface area contributed by atoms with Crippen molar-refractivity contribution in [3.05, 3.63) is 23.8 Å². The Kier molecular flexibility index (Phi) is 4.67. The van der Waals surface area contributed by atoms with Gasteiger partial charge in [0.15, 0.2) is 11.5 Å². The van der Waals surface area contributed by atoms with Crippen LogP contribution in [0.1, 0.15) is 31.4 Å². The molecule has 0 unspecified atom stereocenters. The van der Waals surface area contributed by atoms with Gasteiger partial charge in [0, 0.05) is 0 Å². The minimum absolute atomic E-state index is 0.115. The Balaban J connectivity index is 2.27. The number of carboxylic acids is 1. The third-order valence-electron chi connectivity index (χ3n) is 3.31. The van der Waals surface area contributed by atoms with E-state index in [-0.39, 0.29) is 6.42 Å². The Morgan fingerprint density at radius 2 is 2.19 bits per heavy atom. The minimum Gasteiger partial charge on any atom is -0.493 e. The summed E-state index contributed by atoms with van der Waals surface area (Å²) >= 11 is 0. The first-order valence-corrected chi connectivity index (χ1v) is 6.79. The van der Waals surface area contributed by atoms with Gasteiger partial charge in [0.1, 0.15) is 12.0 Å². The van der Waals surface area contributed by atoms with Crippen molar-refractivity contribution in [2.75, 3.05) is 13.7 Å². The first kappa shape index (κ1) is 15.2. The van der Waals surface area contributed by atoms with E-state index in [1.165, 1.54) is 7.11 Å². The summed E-state index contributed by atoms with van der Waals surface area (Å²) in [5.74, 6) is -1.34. The highest BCUT2D eigenvalue weighted by Gasteiger charge is 2.41. The molecule has 0 amide bonds. The quantitative estimate of drug-likeness (QED) is 0.810. The van der Waals surface area contributed by atoms with Crippen LogP contribution in [0.3, 0.4) is 0 Å². The molecule has 0 spiro atoms. The van der Waals surface area contributed by atoms with Crippen LogP contribution in [0.15, 0.2) is 18.2 Å². The zero-order valence-electron chi connectivity index (χ0n) is 12.0. The maximum atomic E-state index is 11.4. The molecule has 0 aliphatic carbocycles. The van der Waals surface area contributed by atoms with Gasteiger partial charge >= 0.3 is 11.9 Å². The molecular weight excluding hydrogens is 276 g/mol. The fourth-order valence-electron chi connectivity index (χ4n) is 2.27. The molecule has 1 aromatic rings. The van der Waals surface area contributed by atoms with Gasteiger partial charge in [0.2, 0.25) is 0 Å². The summed E-state index contributed by atoms with van der Waals surface area (Å²) in [5, 5.41) is 9.17. The van der Waals surface area contributed by atoms with Crippen molar-refractivity contribution >= 4 is 11.9 Å². The summed E-state index contributed by atoms with van der Waals surface area (Å²) in [4.78, 5) is 22.6. The van der Waals surface area contributed by atoms with E-state index in [2.05, 4.69) is 0 Å². The molecule has 1 aromatic carbocycles. The van der Waals surface area contributed by atoms with Crippen LogP contribution < -0.4 is 9.47 Å². The number of carboxylic acid groups (broad SMARTS) is 1. The van der Waals surface area contributed by atoms with Gasteiger partial charge in [-0.25, -0.2) is 0 Å². The lowest BCUT2D eigenvalue weighted by molar-refractivity contribution is -0.144. The van der Waals surface area contributed by atoms with Gasteiger partial charge < -0.3 is 19.3 Å². The molecule has 114 valence electrons. The summed E-state index contributed by atoms with van der Waals surface area (Å²) in [6.07, 6.45) is -0.0352. The average molecular weight is 294 g/mol. The highest BCUT2D eigenvalue weighted by Crippen LogP contribution is 2.39. The van der Waals surface area contributed by atoms with Gasteiger partial charge in [-0.15, -0.1) is 0 Å². The molecule has 2 rings (SSSR count). The van der Waals surface area contributed by atoms with E-state index in [1.54, 1.807) is 18.2 Å². The van der Waals surface area contributed by atoms with Gasteiger partial charge in [-0.05, 0) is 24.1 Å². The molecule has 2 atom stereocenters. The van der Waals surface area contributed by atoms with Crippen LogP contribution in [0, 0.1) is 5.92 Å². The zero-order valence-corrected chi connectivity index (χ0v) is 12.0. The summed E-state index contributed by atoms with van der Waals surface area (Å²) in [5.41, 5.74) is 0.592. The SMILES string of the molecule is CCCOc1ccc([C@@H]2OC(=O)C[C@@H]2C(=O)O)cc1OC. The van der Waals surface area contributed by atoms with E-state index in [0.29, 0.717) is 23.7 Å². The number of carbonyl (C=O) groups is 2. The second-order valence-corrected chi connectivity index (χ2v) is 4.82. The van der Waals surface area contributed by atoms with Crippen molar-refractivity contribution in [2.24, 2.45) is 5.92 Å². The Bertz CT molecular complexity index is 539. The minimum atomic E-state index is -1.05. The van der Waals surface area contributed by atoms with Crippen molar-refractivity contribution in [3.63, 3.8) is 0 Å². The number of carbonyl (C=O) groups excluding carboxylic acids is 1. The Morgan fingerprint density at radius 1 is 1.43 bits per heavy atom. The van der Waals surface area contributed by atoms with Gasteiger partial charge in [-0.1, -0.05) is 13.0 Å². The first-order valence-electron chi connectivity index (χ1n) is 6.79. The number of ether oxygens (including phenoxy) is 3. The van der Waals surface area contributed by atoms with Crippen LogP contribution in [-0.2, 0) is 14.3 Å². The molecule has 1 fully saturated rings. The fraction of sp³-hybridized carbons (Fsp3) is 0.467. The van der Waals surface area contributed by atoms with Crippen LogP contribution >= 0.6 is 0 Å². The molecular formula is C15H18O6. The van der Waals surface area contributed by atoms with E-state index in [4.69, 9.17) is 14.2 Å². The molecule has 6 heteroatoms.